The van der Waals surface area contributed by atoms with Gasteiger partial charge in [-0.3, -0.25) is 4.79 Å². The highest BCUT2D eigenvalue weighted by molar-refractivity contribution is 5.57. The summed E-state index contributed by atoms with van der Waals surface area (Å²) < 4.78 is 0. The second kappa shape index (κ2) is 3.01. The minimum Gasteiger partial charge on any atom is -0.399 e. The first-order valence-electron chi connectivity index (χ1n) is 3.02. The van der Waals surface area contributed by atoms with Gasteiger partial charge in [0, 0.05) is 12.1 Å². The molecule has 1 aromatic carbocycles. The van der Waals surface area contributed by atoms with Crippen LogP contribution in [0.1, 0.15) is 5.56 Å². The third-order valence-electron chi connectivity index (χ3n) is 1.23. The lowest BCUT2D eigenvalue weighted by Gasteiger charge is -1.94. The fourth-order valence-electron chi connectivity index (χ4n) is 0.786. The van der Waals surface area contributed by atoms with E-state index in [0.717, 1.165) is 5.56 Å². The number of hydrogen-bond acceptors (Lipinski definition) is 2. The first-order chi connectivity index (χ1) is 4.83. The van der Waals surface area contributed by atoms with Crippen molar-refractivity contribution < 1.29 is 4.79 Å². The van der Waals surface area contributed by atoms with Crippen LogP contribution in [0.5, 0.6) is 0 Å². The summed E-state index contributed by atoms with van der Waals surface area (Å²) in [5.41, 5.74) is 7.06. The van der Waals surface area contributed by atoms with E-state index in [9.17, 15) is 4.79 Å². The van der Waals surface area contributed by atoms with Gasteiger partial charge in [0.05, 0.1) is 0 Å². The Labute approximate surface area is 59.7 Å². The van der Waals surface area contributed by atoms with Gasteiger partial charge >= 0.3 is 0 Å². The van der Waals surface area contributed by atoms with E-state index < -0.39 is 0 Å². The summed E-state index contributed by atoms with van der Waals surface area (Å²) in [6.07, 6.45) is 2.13. The van der Waals surface area contributed by atoms with Crippen LogP contribution < -0.4 is 5.73 Å². The molecule has 0 atom stereocenters. The van der Waals surface area contributed by atoms with Crippen LogP contribution in [0.2, 0.25) is 0 Å². The maximum atomic E-state index is 9.92. The molecule has 0 aliphatic carbocycles. The third-order valence-corrected chi connectivity index (χ3v) is 1.23. The molecule has 0 saturated carbocycles. The summed E-state index contributed by atoms with van der Waals surface area (Å²) in [4.78, 5) is 9.92. The topological polar surface area (TPSA) is 43.1 Å². The van der Waals surface area contributed by atoms with Crippen LogP contribution in [0.15, 0.2) is 24.3 Å². The lowest BCUT2D eigenvalue weighted by Crippen LogP contribution is -1.88. The largest absolute Gasteiger partial charge is 0.399 e. The number of carbonyl (C=O) groups excluding carboxylic acids is 1. The molecule has 1 radical (unpaired) electrons. The summed E-state index contributed by atoms with van der Waals surface area (Å²) in [5, 5.41) is 0. The van der Waals surface area contributed by atoms with Crippen LogP contribution in [0.4, 0.5) is 5.69 Å². The van der Waals surface area contributed by atoms with Gasteiger partial charge in [-0.2, -0.15) is 0 Å². The number of nitrogens with two attached hydrogens (primary N) is 1. The first-order valence-corrected chi connectivity index (χ1v) is 3.02. The van der Waals surface area contributed by atoms with Crippen LogP contribution in [-0.2, 0) is 11.2 Å². The van der Waals surface area contributed by atoms with Gasteiger partial charge in [-0.25, -0.2) is 0 Å². The number of benzene rings is 1. The van der Waals surface area contributed by atoms with Gasteiger partial charge in [-0.05, 0) is 17.7 Å². The van der Waals surface area contributed by atoms with Crippen molar-refractivity contribution in [2.45, 2.75) is 6.42 Å². The van der Waals surface area contributed by atoms with Crippen molar-refractivity contribution >= 4 is 12.0 Å². The highest BCUT2D eigenvalue weighted by atomic mass is 16.1. The molecule has 0 aromatic heterocycles. The van der Waals surface area contributed by atoms with Gasteiger partial charge < -0.3 is 5.73 Å². The summed E-state index contributed by atoms with van der Waals surface area (Å²) in [6.45, 7) is 0. The number of hydrogen-bond donors (Lipinski definition) is 1. The van der Waals surface area contributed by atoms with Gasteiger partial charge in [0.15, 0.2) is 0 Å². The summed E-state index contributed by atoms with van der Waals surface area (Å²) in [5.74, 6) is 0. The Kier molecular flexibility index (Phi) is 2.05. The monoisotopic (exact) mass is 134 g/mol. The van der Waals surface area contributed by atoms with Crippen molar-refractivity contribution in [3.63, 3.8) is 0 Å². The molecular weight excluding hydrogens is 126 g/mol. The Hall–Kier alpha value is -1.31. The number of nitrogen functional groups attached to an aromatic ring is 1. The maximum Gasteiger partial charge on any atom is 0.203 e. The average Bonchev–Trinajstić information content (AvgIpc) is 1.88. The Morgan fingerprint density at radius 1 is 1.50 bits per heavy atom. The molecule has 0 unspecified atom stereocenters. The Balaban J connectivity index is 2.84. The van der Waals surface area contributed by atoms with E-state index in [1.807, 2.05) is 12.1 Å². The van der Waals surface area contributed by atoms with E-state index in [0.29, 0.717) is 12.1 Å². The second-order valence-electron chi connectivity index (χ2n) is 2.07. The molecule has 10 heavy (non-hydrogen) atoms. The van der Waals surface area contributed by atoms with E-state index in [1.165, 1.54) is 0 Å². The highest BCUT2D eigenvalue weighted by Crippen LogP contribution is 2.05. The summed E-state index contributed by atoms with van der Waals surface area (Å²) in [6, 6.07) is 7.22. The molecule has 0 heterocycles. The highest BCUT2D eigenvalue weighted by Gasteiger charge is 1.90. The molecule has 0 amide bonds. The molecular formula is C8H8NO. The fourth-order valence-corrected chi connectivity index (χ4v) is 0.786. The Morgan fingerprint density at radius 3 is 2.90 bits per heavy atom. The molecule has 0 aliphatic heterocycles. The zero-order chi connectivity index (χ0) is 7.40. The minimum atomic E-state index is 0.324. The van der Waals surface area contributed by atoms with Crippen molar-refractivity contribution in [2.75, 3.05) is 5.73 Å². The molecule has 0 aliphatic rings. The molecule has 0 bridgehead atoms. The SMILES string of the molecule is Nc1cccc(C[C]=O)c1. The third kappa shape index (κ3) is 1.58. The molecule has 0 fully saturated rings. The van der Waals surface area contributed by atoms with Crippen molar-refractivity contribution in [2.24, 2.45) is 0 Å². The van der Waals surface area contributed by atoms with Gasteiger partial charge in [-0.15, -0.1) is 0 Å². The standard InChI is InChI=1S/C8H8NO/c9-8-3-1-2-7(6-8)4-5-10/h1-3,6H,4,9H2. The molecule has 2 heteroatoms. The van der Waals surface area contributed by atoms with Gasteiger partial charge in [0.2, 0.25) is 6.29 Å². The predicted molar refractivity (Wildman–Crippen MR) is 40.3 cm³/mol. The van der Waals surface area contributed by atoms with Crippen LogP contribution >= 0.6 is 0 Å². The average molecular weight is 134 g/mol. The smallest absolute Gasteiger partial charge is 0.203 e. The number of rotatable bonds is 2. The molecule has 0 saturated heterocycles. The molecule has 2 nitrogen and oxygen atoms in total. The minimum absolute atomic E-state index is 0.324. The van der Waals surface area contributed by atoms with E-state index in [2.05, 4.69) is 0 Å². The van der Waals surface area contributed by atoms with E-state index in [4.69, 9.17) is 5.73 Å². The normalized spacial score (nSPS) is 9.20. The van der Waals surface area contributed by atoms with Crippen molar-refractivity contribution in [1.82, 2.24) is 0 Å². The quantitative estimate of drug-likeness (QED) is 0.611. The Morgan fingerprint density at radius 2 is 2.30 bits per heavy atom. The van der Waals surface area contributed by atoms with Crippen LogP contribution in [0.3, 0.4) is 0 Å². The predicted octanol–water partition coefficient (Wildman–Crippen LogP) is 0.921. The van der Waals surface area contributed by atoms with Crippen molar-refractivity contribution in [3.8, 4) is 0 Å². The van der Waals surface area contributed by atoms with Crippen molar-refractivity contribution in [3.05, 3.63) is 29.8 Å². The summed E-state index contributed by atoms with van der Waals surface area (Å²) in [7, 11) is 0. The maximum absolute atomic E-state index is 9.92. The first kappa shape index (κ1) is 6.81. The van der Waals surface area contributed by atoms with E-state index >= 15 is 0 Å². The summed E-state index contributed by atoms with van der Waals surface area (Å²) >= 11 is 0. The van der Waals surface area contributed by atoms with Gasteiger partial charge in [0.25, 0.3) is 0 Å². The van der Waals surface area contributed by atoms with Crippen LogP contribution in [0, 0.1) is 0 Å². The van der Waals surface area contributed by atoms with E-state index in [-0.39, 0.29) is 0 Å². The molecule has 0 spiro atoms. The van der Waals surface area contributed by atoms with Gasteiger partial charge in [0.1, 0.15) is 0 Å². The molecule has 2 N–H and O–H groups in total. The zero-order valence-corrected chi connectivity index (χ0v) is 5.50. The lowest BCUT2D eigenvalue weighted by molar-refractivity contribution is 0.555. The molecule has 1 rings (SSSR count). The number of anilines is 1. The molecule has 1 aromatic rings. The zero-order valence-electron chi connectivity index (χ0n) is 5.50. The fraction of sp³-hybridized carbons (Fsp3) is 0.125. The van der Waals surface area contributed by atoms with Gasteiger partial charge in [-0.1, -0.05) is 12.1 Å². The van der Waals surface area contributed by atoms with E-state index in [1.54, 1.807) is 18.4 Å². The lowest BCUT2D eigenvalue weighted by atomic mass is 10.1. The van der Waals surface area contributed by atoms with Crippen LogP contribution in [-0.4, -0.2) is 6.29 Å². The Bertz CT molecular complexity index is 232. The van der Waals surface area contributed by atoms with Crippen molar-refractivity contribution in [1.29, 1.82) is 0 Å². The molecule has 51 valence electrons. The second-order valence-corrected chi connectivity index (χ2v) is 2.07. The van der Waals surface area contributed by atoms with Crippen LogP contribution in [0.25, 0.3) is 0 Å².